The number of hydrogen-bond acceptors (Lipinski definition) is 3. The third kappa shape index (κ3) is 3.81. The second-order valence-electron chi connectivity index (χ2n) is 5.01. The summed E-state index contributed by atoms with van der Waals surface area (Å²) in [6.45, 7) is 4.93. The van der Waals surface area contributed by atoms with Crippen LogP contribution < -0.4 is 0 Å². The molecular weight excluding hydrogens is 266 g/mol. The Balaban J connectivity index is 1.87. The van der Waals surface area contributed by atoms with E-state index in [0.717, 1.165) is 23.9 Å². The summed E-state index contributed by atoms with van der Waals surface area (Å²) in [5.41, 5.74) is 0. The van der Waals surface area contributed by atoms with Crippen molar-refractivity contribution in [2.45, 2.75) is 32.6 Å². The Morgan fingerprint density at radius 1 is 1.44 bits per heavy atom. The highest BCUT2D eigenvalue weighted by Gasteiger charge is 2.19. The van der Waals surface area contributed by atoms with Crippen LogP contribution in [0, 0.1) is 5.92 Å². The van der Waals surface area contributed by atoms with E-state index in [-0.39, 0.29) is 5.78 Å². The molecule has 2 nitrogen and oxygen atoms in total. The Bertz CT molecular complexity index is 404. The zero-order valence-corrected chi connectivity index (χ0v) is 12.4. The molecule has 0 saturated carbocycles. The molecule has 1 unspecified atom stereocenters. The highest BCUT2D eigenvalue weighted by Crippen LogP contribution is 2.23. The van der Waals surface area contributed by atoms with Crippen molar-refractivity contribution < 1.29 is 4.79 Å². The Hall–Kier alpha value is -0.380. The number of carbonyl (C=O) groups is 1. The lowest BCUT2D eigenvalue weighted by Crippen LogP contribution is -2.30. The van der Waals surface area contributed by atoms with Gasteiger partial charge in [0.15, 0.2) is 5.78 Å². The van der Waals surface area contributed by atoms with Crippen LogP contribution in [0.4, 0.5) is 0 Å². The third-order valence-electron chi connectivity index (χ3n) is 3.73. The van der Waals surface area contributed by atoms with Crippen LogP contribution >= 0.6 is 22.9 Å². The van der Waals surface area contributed by atoms with Gasteiger partial charge in [0.2, 0.25) is 0 Å². The van der Waals surface area contributed by atoms with Gasteiger partial charge in [-0.15, -0.1) is 11.3 Å². The van der Waals surface area contributed by atoms with E-state index < -0.39 is 0 Å². The van der Waals surface area contributed by atoms with Crippen molar-refractivity contribution >= 4 is 28.7 Å². The van der Waals surface area contributed by atoms with Gasteiger partial charge < -0.3 is 0 Å². The summed E-state index contributed by atoms with van der Waals surface area (Å²) in [7, 11) is 0. The molecule has 1 aromatic rings. The van der Waals surface area contributed by atoms with E-state index >= 15 is 0 Å². The van der Waals surface area contributed by atoms with Crippen molar-refractivity contribution in [3.8, 4) is 0 Å². The second-order valence-corrected chi connectivity index (χ2v) is 6.72. The number of Topliss-reactive ketones (excluding diaryl/α,β-unsaturated/α-hetero) is 1. The van der Waals surface area contributed by atoms with Gasteiger partial charge in [0.05, 0.1) is 15.8 Å². The van der Waals surface area contributed by atoms with Gasteiger partial charge in [0.25, 0.3) is 0 Å². The lowest BCUT2D eigenvalue weighted by Gasteiger charge is -2.18. The number of likely N-dealkylation sites (tertiary alicyclic amines) is 1. The zero-order chi connectivity index (χ0) is 13.0. The fourth-order valence-corrected chi connectivity index (χ4v) is 3.51. The minimum absolute atomic E-state index is 0.210. The fourth-order valence-electron chi connectivity index (χ4n) is 2.54. The van der Waals surface area contributed by atoms with E-state index in [9.17, 15) is 4.79 Å². The lowest BCUT2D eigenvalue weighted by atomic mass is 9.98. The maximum atomic E-state index is 12.1. The molecule has 1 atom stereocenters. The molecule has 0 aliphatic carbocycles. The van der Waals surface area contributed by atoms with Crippen molar-refractivity contribution in [2.75, 3.05) is 19.6 Å². The van der Waals surface area contributed by atoms with Crippen molar-refractivity contribution in [1.29, 1.82) is 0 Å². The average molecular weight is 286 g/mol. The normalized spacial score (nSPS) is 21.8. The van der Waals surface area contributed by atoms with Gasteiger partial charge in [-0.25, -0.2) is 0 Å². The molecule has 0 amide bonds. The number of nitrogens with zero attached hydrogens (tertiary/aromatic N) is 1. The molecule has 0 radical (unpaired) electrons. The van der Waals surface area contributed by atoms with Crippen molar-refractivity contribution in [2.24, 2.45) is 5.92 Å². The second kappa shape index (κ2) is 6.69. The molecule has 0 spiro atoms. The van der Waals surface area contributed by atoms with Crippen LogP contribution in [0.5, 0.6) is 0 Å². The SMILES string of the molecule is CCC1CCCN(CC(=O)c2ccc(Cl)s2)CC1. The van der Waals surface area contributed by atoms with Crippen molar-refractivity contribution in [3.05, 3.63) is 21.3 Å². The number of hydrogen-bond donors (Lipinski definition) is 0. The fraction of sp³-hybridized carbons (Fsp3) is 0.643. The summed E-state index contributed by atoms with van der Waals surface area (Å²) >= 11 is 7.25. The minimum atomic E-state index is 0.210. The number of rotatable bonds is 4. The van der Waals surface area contributed by atoms with Gasteiger partial charge in [0.1, 0.15) is 0 Å². The molecule has 18 heavy (non-hydrogen) atoms. The van der Waals surface area contributed by atoms with Crippen LogP contribution in [0.1, 0.15) is 42.3 Å². The Kier molecular flexibility index (Phi) is 5.22. The molecule has 0 aromatic carbocycles. The van der Waals surface area contributed by atoms with E-state index in [1.54, 1.807) is 6.07 Å². The number of halogens is 1. The first-order valence-corrected chi connectivity index (χ1v) is 7.89. The van der Waals surface area contributed by atoms with Crippen LogP contribution in [0.3, 0.4) is 0 Å². The zero-order valence-electron chi connectivity index (χ0n) is 10.8. The molecule has 2 heterocycles. The van der Waals surface area contributed by atoms with Crippen molar-refractivity contribution in [1.82, 2.24) is 4.90 Å². The number of thiophene rings is 1. The van der Waals surface area contributed by atoms with Gasteiger partial charge in [-0.3, -0.25) is 9.69 Å². The minimum Gasteiger partial charge on any atom is -0.296 e. The molecule has 4 heteroatoms. The Morgan fingerprint density at radius 3 is 2.94 bits per heavy atom. The van der Waals surface area contributed by atoms with Gasteiger partial charge >= 0.3 is 0 Å². The molecule has 1 aliphatic heterocycles. The largest absolute Gasteiger partial charge is 0.296 e. The van der Waals surface area contributed by atoms with Gasteiger partial charge in [-0.2, -0.15) is 0 Å². The summed E-state index contributed by atoms with van der Waals surface area (Å²) in [4.78, 5) is 15.2. The summed E-state index contributed by atoms with van der Waals surface area (Å²) in [5, 5.41) is 0. The third-order valence-corrected chi connectivity index (χ3v) is 5.01. The average Bonchev–Trinajstić information content (AvgIpc) is 2.67. The van der Waals surface area contributed by atoms with E-state index in [0.29, 0.717) is 10.9 Å². The summed E-state index contributed by atoms with van der Waals surface area (Å²) in [6.07, 6.45) is 5.03. The Labute approximate surface area is 118 Å². The summed E-state index contributed by atoms with van der Waals surface area (Å²) in [5.74, 6) is 1.06. The molecule has 0 bridgehead atoms. The van der Waals surface area contributed by atoms with Crippen LogP contribution in [-0.2, 0) is 0 Å². The van der Waals surface area contributed by atoms with Gasteiger partial charge in [0, 0.05) is 0 Å². The maximum Gasteiger partial charge on any atom is 0.186 e. The van der Waals surface area contributed by atoms with E-state index in [1.165, 1.54) is 37.0 Å². The molecule has 100 valence electrons. The predicted molar refractivity (Wildman–Crippen MR) is 77.7 cm³/mol. The van der Waals surface area contributed by atoms with E-state index in [4.69, 9.17) is 11.6 Å². The smallest absolute Gasteiger partial charge is 0.186 e. The van der Waals surface area contributed by atoms with Crippen LogP contribution in [-0.4, -0.2) is 30.3 Å². The molecule has 1 aromatic heterocycles. The molecule has 2 rings (SSSR count). The van der Waals surface area contributed by atoms with Crippen molar-refractivity contribution in [3.63, 3.8) is 0 Å². The summed E-state index contributed by atoms with van der Waals surface area (Å²) in [6, 6.07) is 3.64. The van der Waals surface area contributed by atoms with E-state index in [2.05, 4.69) is 11.8 Å². The number of carbonyl (C=O) groups excluding carboxylic acids is 1. The van der Waals surface area contributed by atoms with Crippen LogP contribution in [0.2, 0.25) is 4.34 Å². The van der Waals surface area contributed by atoms with Crippen LogP contribution in [0.25, 0.3) is 0 Å². The van der Waals surface area contributed by atoms with Gasteiger partial charge in [-0.1, -0.05) is 24.9 Å². The van der Waals surface area contributed by atoms with Gasteiger partial charge in [-0.05, 0) is 50.4 Å². The monoisotopic (exact) mass is 285 g/mol. The molecule has 0 N–H and O–H groups in total. The highest BCUT2D eigenvalue weighted by molar-refractivity contribution is 7.18. The lowest BCUT2D eigenvalue weighted by molar-refractivity contribution is 0.0936. The molecule has 1 aliphatic rings. The molecular formula is C14H20ClNOS. The Morgan fingerprint density at radius 2 is 2.28 bits per heavy atom. The molecule has 1 fully saturated rings. The quantitative estimate of drug-likeness (QED) is 0.777. The first-order valence-electron chi connectivity index (χ1n) is 6.70. The first-order chi connectivity index (χ1) is 8.69. The standard InChI is InChI=1S/C14H20ClNOS/c1-2-11-4-3-8-16(9-7-11)10-12(17)13-5-6-14(15)18-13/h5-6,11H,2-4,7-10H2,1H3. The highest BCUT2D eigenvalue weighted by atomic mass is 35.5. The predicted octanol–water partition coefficient (Wildman–Crippen LogP) is 4.10. The van der Waals surface area contributed by atoms with Crippen LogP contribution in [0.15, 0.2) is 12.1 Å². The van der Waals surface area contributed by atoms with E-state index in [1.807, 2.05) is 6.07 Å². The summed E-state index contributed by atoms with van der Waals surface area (Å²) < 4.78 is 0.695. The molecule has 1 saturated heterocycles. The first kappa shape index (κ1) is 14.0. The number of ketones is 1. The topological polar surface area (TPSA) is 20.3 Å². The maximum absolute atomic E-state index is 12.1.